The van der Waals surface area contributed by atoms with E-state index in [1.165, 1.54) is 0 Å². The predicted octanol–water partition coefficient (Wildman–Crippen LogP) is 3.43. The van der Waals surface area contributed by atoms with Crippen LogP contribution in [0.15, 0.2) is 42.7 Å². The van der Waals surface area contributed by atoms with Crippen molar-refractivity contribution in [3.8, 4) is 0 Å². The highest BCUT2D eigenvalue weighted by Crippen LogP contribution is 2.21. The molecular formula is C16H15N3O. The lowest BCUT2D eigenvalue weighted by atomic mass is 10.1. The Balaban J connectivity index is 1.92. The minimum atomic E-state index is -0.112. The second-order valence-corrected chi connectivity index (χ2v) is 4.86. The normalized spacial score (nSPS) is 10.7. The van der Waals surface area contributed by atoms with Gasteiger partial charge in [-0.25, -0.2) is 4.98 Å². The van der Waals surface area contributed by atoms with E-state index in [1.807, 2.05) is 44.2 Å². The van der Waals surface area contributed by atoms with Gasteiger partial charge in [-0.3, -0.25) is 4.79 Å². The lowest BCUT2D eigenvalue weighted by molar-refractivity contribution is 0.102. The third-order valence-electron chi connectivity index (χ3n) is 3.40. The number of aromatic nitrogens is 2. The molecule has 2 N–H and O–H groups in total. The average molecular weight is 265 g/mol. The van der Waals surface area contributed by atoms with Crippen LogP contribution in [0, 0.1) is 13.8 Å². The molecule has 1 amide bonds. The van der Waals surface area contributed by atoms with Crippen LogP contribution in [0.25, 0.3) is 11.0 Å². The number of rotatable bonds is 2. The van der Waals surface area contributed by atoms with Gasteiger partial charge in [-0.1, -0.05) is 18.2 Å². The minimum absolute atomic E-state index is 0.112. The van der Waals surface area contributed by atoms with E-state index in [0.717, 1.165) is 27.8 Å². The van der Waals surface area contributed by atoms with Crippen molar-refractivity contribution < 1.29 is 4.79 Å². The zero-order valence-corrected chi connectivity index (χ0v) is 11.4. The second-order valence-electron chi connectivity index (χ2n) is 4.86. The predicted molar refractivity (Wildman–Crippen MR) is 80.0 cm³/mol. The summed E-state index contributed by atoms with van der Waals surface area (Å²) in [5, 5.41) is 2.98. The molecule has 0 bridgehead atoms. The minimum Gasteiger partial charge on any atom is -0.345 e. The van der Waals surface area contributed by atoms with E-state index < -0.39 is 0 Å². The zero-order valence-electron chi connectivity index (χ0n) is 11.4. The van der Waals surface area contributed by atoms with Crippen LogP contribution < -0.4 is 5.32 Å². The number of benzene rings is 2. The van der Waals surface area contributed by atoms with E-state index in [1.54, 1.807) is 12.4 Å². The molecule has 0 atom stereocenters. The third-order valence-corrected chi connectivity index (χ3v) is 3.40. The van der Waals surface area contributed by atoms with Gasteiger partial charge in [0.25, 0.3) is 5.91 Å². The molecular weight excluding hydrogens is 250 g/mol. The molecule has 0 aliphatic carbocycles. The SMILES string of the molecule is Cc1cccc(C)c1NC(=O)c1ccc2nc[nH]c2c1. The summed E-state index contributed by atoms with van der Waals surface area (Å²) < 4.78 is 0. The molecule has 0 aliphatic heterocycles. The number of aromatic amines is 1. The molecule has 0 unspecified atom stereocenters. The number of fused-ring (bicyclic) bond motifs is 1. The second kappa shape index (κ2) is 4.81. The first kappa shape index (κ1) is 12.4. The van der Waals surface area contributed by atoms with Crippen molar-refractivity contribution in [1.29, 1.82) is 0 Å². The number of anilines is 1. The van der Waals surface area contributed by atoms with Crippen molar-refractivity contribution >= 4 is 22.6 Å². The zero-order chi connectivity index (χ0) is 14.1. The fourth-order valence-electron chi connectivity index (χ4n) is 2.27. The van der Waals surface area contributed by atoms with Crippen molar-refractivity contribution in [3.05, 3.63) is 59.4 Å². The van der Waals surface area contributed by atoms with Gasteiger partial charge in [-0.2, -0.15) is 0 Å². The molecule has 3 rings (SSSR count). The molecule has 1 heterocycles. The van der Waals surface area contributed by atoms with Crippen molar-refractivity contribution in [2.45, 2.75) is 13.8 Å². The molecule has 0 saturated heterocycles. The summed E-state index contributed by atoms with van der Waals surface area (Å²) in [5.41, 5.74) is 5.32. The number of carbonyl (C=O) groups is 1. The summed E-state index contributed by atoms with van der Waals surface area (Å²) in [6, 6.07) is 11.4. The van der Waals surface area contributed by atoms with Gasteiger partial charge >= 0.3 is 0 Å². The number of para-hydroxylation sites is 1. The largest absolute Gasteiger partial charge is 0.345 e. The van der Waals surface area contributed by atoms with Gasteiger partial charge in [0.2, 0.25) is 0 Å². The first-order chi connectivity index (χ1) is 9.65. The van der Waals surface area contributed by atoms with E-state index in [-0.39, 0.29) is 5.91 Å². The Hall–Kier alpha value is -2.62. The van der Waals surface area contributed by atoms with Crippen molar-refractivity contribution in [1.82, 2.24) is 9.97 Å². The summed E-state index contributed by atoms with van der Waals surface area (Å²) in [7, 11) is 0. The van der Waals surface area contributed by atoms with Crippen LogP contribution in [-0.2, 0) is 0 Å². The van der Waals surface area contributed by atoms with E-state index in [4.69, 9.17) is 0 Å². The van der Waals surface area contributed by atoms with Crippen molar-refractivity contribution in [3.63, 3.8) is 0 Å². The van der Waals surface area contributed by atoms with Crippen LogP contribution in [0.5, 0.6) is 0 Å². The molecule has 0 aliphatic rings. The maximum atomic E-state index is 12.3. The number of hydrogen-bond acceptors (Lipinski definition) is 2. The van der Waals surface area contributed by atoms with E-state index >= 15 is 0 Å². The monoisotopic (exact) mass is 265 g/mol. The molecule has 0 fully saturated rings. The number of imidazole rings is 1. The number of carbonyl (C=O) groups excluding carboxylic acids is 1. The van der Waals surface area contributed by atoms with Gasteiger partial charge in [-0.05, 0) is 43.2 Å². The van der Waals surface area contributed by atoms with Crippen LogP contribution in [0.1, 0.15) is 21.5 Å². The molecule has 0 radical (unpaired) electrons. The molecule has 0 saturated carbocycles. The van der Waals surface area contributed by atoms with Crippen LogP contribution in [0.4, 0.5) is 5.69 Å². The Bertz CT molecular complexity index is 769. The lowest BCUT2D eigenvalue weighted by Crippen LogP contribution is -2.13. The summed E-state index contributed by atoms with van der Waals surface area (Å²) in [4.78, 5) is 19.5. The highest BCUT2D eigenvalue weighted by molar-refractivity contribution is 6.06. The van der Waals surface area contributed by atoms with Gasteiger partial charge < -0.3 is 10.3 Å². The van der Waals surface area contributed by atoms with Gasteiger partial charge in [0.05, 0.1) is 17.4 Å². The van der Waals surface area contributed by atoms with E-state index in [0.29, 0.717) is 5.56 Å². The number of hydrogen-bond donors (Lipinski definition) is 2. The fraction of sp³-hybridized carbons (Fsp3) is 0.125. The number of nitrogens with zero attached hydrogens (tertiary/aromatic N) is 1. The standard InChI is InChI=1S/C16H15N3O/c1-10-4-3-5-11(2)15(10)19-16(20)12-6-7-13-14(8-12)18-9-17-13/h3-9H,1-2H3,(H,17,18)(H,19,20). The maximum Gasteiger partial charge on any atom is 0.255 e. The molecule has 100 valence electrons. The van der Waals surface area contributed by atoms with Crippen LogP contribution in [0.2, 0.25) is 0 Å². The van der Waals surface area contributed by atoms with Crippen molar-refractivity contribution in [2.24, 2.45) is 0 Å². The first-order valence-electron chi connectivity index (χ1n) is 6.46. The molecule has 20 heavy (non-hydrogen) atoms. The quantitative estimate of drug-likeness (QED) is 0.745. The highest BCUT2D eigenvalue weighted by Gasteiger charge is 2.10. The smallest absolute Gasteiger partial charge is 0.255 e. The molecule has 4 heteroatoms. The summed E-state index contributed by atoms with van der Waals surface area (Å²) in [5.74, 6) is -0.112. The summed E-state index contributed by atoms with van der Waals surface area (Å²) in [6.07, 6.45) is 1.62. The van der Waals surface area contributed by atoms with Gasteiger partial charge in [0.15, 0.2) is 0 Å². The Kier molecular flexibility index (Phi) is 2.99. The van der Waals surface area contributed by atoms with Crippen molar-refractivity contribution in [2.75, 3.05) is 5.32 Å². The summed E-state index contributed by atoms with van der Waals surface area (Å²) in [6.45, 7) is 3.97. The molecule has 2 aromatic carbocycles. The third kappa shape index (κ3) is 2.16. The molecule has 3 aromatic rings. The first-order valence-corrected chi connectivity index (χ1v) is 6.46. The van der Waals surface area contributed by atoms with Gasteiger partial charge in [-0.15, -0.1) is 0 Å². The van der Waals surface area contributed by atoms with E-state index in [9.17, 15) is 4.79 Å². The molecule has 0 spiro atoms. The Labute approximate surface area is 116 Å². The van der Waals surface area contributed by atoms with Gasteiger partial charge in [0.1, 0.15) is 0 Å². The topological polar surface area (TPSA) is 57.8 Å². The number of H-pyrrole nitrogens is 1. The maximum absolute atomic E-state index is 12.3. The molecule has 1 aromatic heterocycles. The lowest BCUT2D eigenvalue weighted by Gasteiger charge is -2.11. The number of aryl methyl sites for hydroxylation is 2. The molecule has 4 nitrogen and oxygen atoms in total. The number of amides is 1. The van der Waals surface area contributed by atoms with Crippen LogP contribution >= 0.6 is 0 Å². The Morgan fingerprint density at radius 3 is 2.65 bits per heavy atom. The fourth-order valence-corrected chi connectivity index (χ4v) is 2.27. The highest BCUT2D eigenvalue weighted by atomic mass is 16.1. The van der Waals surface area contributed by atoms with Gasteiger partial charge in [0, 0.05) is 11.3 Å². The average Bonchev–Trinajstić information content (AvgIpc) is 2.90. The number of nitrogens with one attached hydrogen (secondary N) is 2. The van der Waals surface area contributed by atoms with E-state index in [2.05, 4.69) is 15.3 Å². The Morgan fingerprint density at radius 1 is 1.15 bits per heavy atom. The summed E-state index contributed by atoms with van der Waals surface area (Å²) >= 11 is 0. The Morgan fingerprint density at radius 2 is 1.90 bits per heavy atom. The van der Waals surface area contributed by atoms with Crippen LogP contribution in [-0.4, -0.2) is 15.9 Å². The van der Waals surface area contributed by atoms with Crippen LogP contribution in [0.3, 0.4) is 0 Å².